The molecule has 1 saturated heterocycles. The highest BCUT2D eigenvalue weighted by molar-refractivity contribution is 7.92. The van der Waals surface area contributed by atoms with Crippen LogP contribution in [0, 0.1) is 0 Å². The number of rotatable bonds is 7. The molecule has 0 saturated carbocycles. The molecule has 1 fully saturated rings. The molecule has 0 aliphatic carbocycles. The van der Waals surface area contributed by atoms with E-state index in [1.807, 2.05) is 25.1 Å². The minimum absolute atomic E-state index is 0.176. The van der Waals surface area contributed by atoms with Gasteiger partial charge in [-0.3, -0.25) is 4.31 Å². The van der Waals surface area contributed by atoms with E-state index in [0.29, 0.717) is 24.1 Å². The molecule has 1 aromatic carbocycles. The van der Waals surface area contributed by atoms with Crippen molar-refractivity contribution in [3.63, 3.8) is 0 Å². The maximum Gasteiger partial charge on any atom is 0.265 e. The van der Waals surface area contributed by atoms with Crippen LogP contribution in [0.3, 0.4) is 0 Å². The molecule has 3 heterocycles. The van der Waals surface area contributed by atoms with Crippen LogP contribution >= 0.6 is 0 Å². The Balaban J connectivity index is 1.45. The van der Waals surface area contributed by atoms with Crippen LogP contribution in [0.4, 0.5) is 17.5 Å². The number of ether oxygens (including phenoxy) is 1. The van der Waals surface area contributed by atoms with E-state index in [1.54, 1.807) is 43.6 Å². The quantitative estimate of drug-likeness (QED) is 0.538. The van der Waals surface area contributed by atoms with Gasteiger partial charge in [-0.25, -0.2) is 18.4 Å². The topological polar surface area (TPSA) is 91.8 Å². The second-order valence-corrected chi connectivity index (χ2v) is 9.09. The van der Waals surface area contributed by atoms with E-state index in [1.165, 1.54) is 10.5 Å². The second kappa shape index (κ2) is 9.39. The van der Waals surface area contributed by atoms with Crippen molar-refractivity contribution >= 4 is 27.5 Å². The van der Waals surface area contributed by atoms with E-state index < -0.39 is 10.0 Å². The molecular formula is C22H26N6O3S. The number of methoxy groups -OCH3 is 1. The molecule has 3 aromatic rings. The van der Waals surface area contributed by atoms with Crippen LogP contribution in [0.5, 0.6) is 5.88 Å². The SMILES string of the molecule is CCN(c1ccccc1)S(=O)(=O)c1ccc(N2CCN(c3nccc(OC)n3)CC2)nc1. The van der Waals surface area contributed by atoms with Gasteiger partial charge in [-0.05, 0) is 31.2 Å². The summed E-state index contributed by atoms with van der Waals surface area (Å²) in [6.07, 6.45) is 3.12. The van der Waals surface area contributed by atoms with Gasteiger partial charge in [0.25, 0.3) is 10.0 Å². The molecule has 0 N–H and O–H groups in total. The highest BCUT2D eigenvalue weighted by atomic mass is 32.2. The van der Waals surface area contributed by atoms with Crippen molar-refractivity contribution in [1.82, 2.24) is 15.0 Å². The van der Waals surface area contributed by atoms with Crippen molar-refractivity contribution in [2.24, 2.45) is 0 Å². The third kappa shape index (κ3) is 4.45. The number of sulfonamides is 1. The molecule has 0 unspecified atom stereocenters. The largest absolute Gasteiger partial charge is 0.481 e. The van der Waals surface area contributed by atoms with Gasteiger partial charge >= 0.3 is 0 Å². The number of piperazine rings is 1. The van der Waals surface area contributed by atoms with E-state index in [4.69, 9.17) is 4.74 Å². The lowest BCUT2D eigenvalue weighted by molar-refractivity contribution is 0.396. The Morgan fingerprint density at radius 3 is 2.31 bits per heavy atom. The maximum absolute atomic E-state index is 13.1. The Hall–Kier alpha value is -3.40. The lowest BCUT2D eigenvalue weighted by Gasteiger charge is -2.35. The first-order valence-electron chi connectivity index (χ1n) is 10.4. The third-order valence-electron chi connectivity index (χ3n) is 5.35. The number of pyridine rings is 1. The Labute approximate surface area is 188 Å². The predicted octanol–water partition coefficient (Wildman–Crippen LogP) is 2.42. The van der Waals surface area contributed by atoms with Gasteiger partial charge in [-0.15, -0.1) is 0 Å². The van der Waals surface area contributed by atoms with Gasteiger partial charge in [0.05, 0.1) is 12.8 Å². The van der Waals surface area contributed by atoms with Crippen molar-refractivity contribution in [2.75, 3.05) is 53.9 Å². The van der Waals surface area contributed by atoms with Gasteiger partial charge in [0.2, 0.25) is 11.8 Å². The molecule has 0 spiro atoms. The van der Waals surface area contributed by atoms with E-state index in [9.17, 15) is 8.42 Å². The number of hydrogen-bond donors (Lipinski definition) is 0. The maximum atomic E-state index is 13.1. The Bertz CT molecular complexity index is 1130. The lowest BCUT2D eigenvalue weighted by Crippen LogP contribution is -2.47. The summed E-state index contributed by atoms with van der Waals surface area (Å²) in [5, 5.41) is 0. The van der Waals surface area contributed by atoms with Crippen molar-refractivity contribution in [3.8, 4) is 5.88 Å². The summed E-state index contributed by atoms with van der Waals surface area (Å²) in [5.41, 5.74) is 0.634. The van der Waals surface area contributed by atoms with Gasteiger partial charge < -0.3 is 14.5 Å². The zero-order valence-corrected chi connectivity index (χ0v) is 18.9. The molecule has 1 aliphatic heterocycles. The zero-order chi connectivity index (χ0) is 22.6. The number of para-hydroxylation sites is 1. The summed E-state index contributed by atoms with van der Waals surface area (Å²) in [7, 11) is -2.10. The summed E-state index contributed by atoms with van der Waals surface area (Å²) in [6, 6.07) is 14.2. The standard InChI is InChI=1S/C22H26N6O3S/c1-3-28(18-7-5-4-6-8-18)32(29,30)19-9-10-20(24-17-19)26-13-15-27(16-14-26)22-23-12-11-21(25-22)31-2/h4-12,17H,3,13-16H2,1-2H3. The molecule has 0 amide bonds. The number of aromatic nitrogens is 3. The van der Waals surface area contributed by atoms with Gasteiger partial charge in [-0.2, -0.15) is 4.98 Å². The van der Waals surface area contributed by atoms with E-state index in [0.717, 1.165) is 32.0 Å². The summed E-state index contributed by atoms with van der Waals surface area (Å²) in [4.78, 5) is 17.6. The molecule has 1 aliphatic rings. The number of anilines is 3. The minimum Gasteiger partial charge on any atom is -0.481 e. The molecule has 0 atom stereocenters. The summed E-state index contributed by atoms with van der Waals surface area (Å²) >= 11 is 0. The smallest absolute Gasteiger partial charge is 0.265 e. The molecule has 0 bridgehead atoms. The molecule has 2 aromatic heterocycles. The minimum atomic E-state index is -3.69. The van der Waals surface area contributed by atoms with E-state index in [2.05, 4.69) is 24.8 Å². The third-order valence-corrected chi connectivity index (χ3v) is 7.24. The van der Waals surface area contributed by atoms with Crippen LogP contribution in [0.2, 0.25) is 0 Å². The van der Waals surface area contributed by atoms with Crippen molar-refractivity contribution < 1.29 is 13.2 Å². The van der Waals surface area contributed by atoms with Crippen LogP contribution in [0.25, 0.3) is 0 Å². The normalized spacial score (nSPS) is 14.3. The molecular weight excluding hydrogens is 428 g/mol. The Morgan fingerprint density at radius 1 is 0.969 bits per heavy atom. The van der Waals surface area contributed by atoms with Crippen LogP contribution < -0.4 is 18.8 Å². The number of nitrogens with zero attached hydrogens (tertiary/aromatic N) is 6. The van der Waals surface area contributed by atoms with Gasteiger partial charge in [0.1, 0.15) is 10.7 Å². The van der Waals surface area contributed by atoms with Gasteiger partial charge in [-0.1, -0.05) is 18.2 Å². The first-order valence-corrected chi connectivity index (χ1v) is 11.9. The van der Waals surface area contributed by atoms with Gasteiger partial charge in [0, 0.05) is 51.2 Å². The molecule has 32 heavy (non-hydrogen) atoms. The lowest BCUT2D eigenvalue weighted by atomic mass is 10.3. The summed E-state index contributed by atoms with van der Waals surface area (Å²) in [5.74, 6) is 1.92. The monoisotopic (exact) mass is 454 g/mol. The predicted molar refractivity (Wildman–Crippen MR) is 124 cm³/mol. The van der Waals surface area contributed by atoms with E-state index >= 15 is 0 Å². The molecule has 9 nitrogen and oxygen atoms in total. The van der Waals surface area contributed by atoms with Crippen molar-refractivity contribution in [3.05, 3.63) is 60.9 Å². The average molecular weight is 455 g/mol. The van der Waals surface area contributed by atoms with Crippen LogP contribution in [0.15, 0.2) is 65.8 Å². The molecule has 168 valence electrons. The highest BCUT2D eigenvalue weighted by Crippen LogP contribution is 2.24. The Morgan fingerprint density at radius 2 is 1.69 bits per heavy atom. The fourth-order valence-electron chi connectivity index (χ4n) is 3.66. The fraction of sp³-hybridized carbons (Fsp3) is 0.318. The fourth-order valence-corrected chi connectivity index (χ4v) is 5.08. The number of hydrogen-bond acceptors (Lipinski definition) is 8. The molecule has 4 rings (SSSR count). The highest BCUT2D eigenvalue weighted by Gasteiger charge is 2.25. The van der Waals surface area contributed by atoms with Crippen molar-refractivity contribution in [2.45, 2.75) is 11.8 Å². The summed E-state index contributed by atoms with van der Waals surface area (Å²) < 4.78 is 32.9. The van der Waals surface area contributed by atoms with Crippen LogP contribution in [0.1, 0.15) is 6.92 Å². The first-order chi connectivity index (χ1) is 15.5. The van der Waals surface area contributed by atoms with Crippen LogP contribution in [-0.2, 0) is 10.0 Å². The number of benzene rings is 1. The van der Waals surface area contributed by atoms with Gasteiger partial charge in [0.15, 0.2) is 0 Å². The zero-order valence-electron chi connectivity index (χ0n) is 18.1. The Kier molecular flexibility index (Phi) is 6.40. The average Bonchev–Trinajstić information content (AvgIpc) is 2.85. The van der Waals surface area contributed by atoms with Crippen molar-refractivity contribution in [1.29, 1.82) is 0 Å². The molecule has 10 heteroatoms. The first kappa shape index (κ1) is 21.8. The second-order valence-electron chi connectivity index (χ2n) is 7.23. The summed E-state index contributed by atoms with van der Waals surface area (Å²) in [6.45, 7) is 5.06. The van der Waals surface area contributed by atoms with Crippen LogP contribution in [-0.4, -0.2) is 63.2 Å². The van der Waals surface area contributed by atoms with E-state index in [-0.39, 0.29) is 4.90 Å². The molecule has 0 radical (unpaired) electrons.